The third-order valence-corrected chi connectivity index (χ3v) is 3.95. The summed E-state index contributed by atoms with van der Waals surface area (Å²) in [5, 5.41) is 0. The second-order valence-corrected chi connectivity index (χ2v) is 6.84. The van der Waals surface area contributed by atoms with Crippen molar-refractivity contribution < 1.29 is 22.6 Å². The van der Waals surface area contributed by atoms with Gasteiger partial charge in [-0.15, -0.1) is 0 Å². The van der Waals surface area contributed by atoms with Crippen molar-refractivity contribution in [3.63, 3.8) is 0 Å². The van der Waals surface area contributed by atoms with E-state index in [1.807, 2.05) is 0 Å². The van der Waals surface area contributed by atoms with E-state index in [0.29, 0.717) is 32.2 Å². The van der Waals surface area contributed by atoms with Crippen molar-refractivity contribution in [2.75, 3.05) is 33.5 Å². The topological polar surface area (TPSA) is 61.8 Å². The average Bonchev–Trinajstić information content (AvgIpc) is 2.34. The Bertz CT molecular complexity index is 519. The minimum atomic E-state index is -3.72. The highest BCUT2D eigenvalue weighted by Gasteiger charge is 2.14. The molecule has 0 amide bonds. The van der Waals surface area contributed by atoms with Crippen LogP contribution in [0.25, 0.3) is 0 Å². The smallest absolute Gasteiger partial charge is 0.261 e. The van der Waals surface area contributed by atoms with Gasteiger partial charge in [0.2, 0.25) is 0 Å². The predicted molar refractivity (Wildman–Crippen MR) is 77.1 cm³/mol. The van der Waals surface area contributed by atoms with Crippen LogP contribution in [-0.4, -0.2) is 42.0 Å². The van der Waals surface area contributed by atoms with E-state index in [9.17, 15) is 8.42 Å². The van der Waals surface area contributed by atoms with Gasteiger partial charge >= 0.3 is 0 Å². The van der Waals surface area contributed by atoms with Gasteiger partial charge in [0.15, 0.2) is 0 Å². The van der Waals surface area contributed by atoms with E-state index in [4.69, 9.17) is 24.9 Å². The molecule has 0 bridgehead atoms. The number of ether oxygens (including phenoxy) is 3. The molecule has 1 aromatic rings. The van der Waals surface area contributed by atoms with Crippen molar-refractivity contribution >= 4 is 19.7 Å². The second-order valence-electron chi connectivity index (χ2n) is 4.28. The van der Waals surface area contributed by atoms with E-state index < -0.39 is 9.05 Å². The monoisotopic (exact) mass is 322 g/mol. The van der Waals surface area contributed by atoms with Crippen LogP contribution in [0.2, 0.25) is 0 Å². The van der Waals surface area contributed by atoms with E-state index in [-0.39, 0.29) is 4.90 Å². The fourth-order valence-electron chi connectivity index (χ4n) is 1.73. The molecule has 0 N–H and O–H groups in total. The molecule has 20 heavy (non-hydrogen) atoms. The van der Waals surface area contributed by atoms with Crippen molar-refractivity contribution in [2.45, 2.75) is 18.7 Å². The fourth-order valence-corrected chi connectivity index (χ4v) is 2.63. The van der Waals surface area contributed by atoms with Crippen LogP contribution >= 0.6 is 10.7 Å². The SMILES string of the molecule is COCCOCCOc1c(C)cc(S(=O)(=O)Cl)cc1C. The van der Waals surface area contributed by atoms with Crippen molar-refractivity contribution in [1.29, 1.82) is 0 Å². The van der Waals surface area contributed by atoms with E-state index in [1.54, 1.807) is 21.0 Å². The van der Waals surface area contributed by atoms with Gasteiger partial charge in [0.05, 0.1) is 24.7 Å². The van der Waals surface area contributed by atoms with Gasteiger partial charge in [-0.1, -0.05) is 0 Å². The number of halogens is 1. The van der Waals surface area contributed by atoms with Gasteiger partial charge in [0.1, 0.15) is 12.4 Å². The molecule has 0 spiro atoms. The number of hydrogen-bond acceptors (Lipinski definition) is 5. The molecule has 5 nitrogen and oxygen atoms in total. The molecule has 114 valence electrons. The Morgan fingerprint density at radius 1 is 1.05 bits per heavy atom. The second kappa shape index (κ2) is 7.83. The Hall–Kier alpha value is -0.820. The molecular formula is C13H19ClO5S. The molecule has 0 aliphatic carbocycles. The van der Waals surface area contributed by atoms with E-state index >= 15 is 0 Å². The van der Waals surface area contributed by atoms with Gasteiger partial charge in [-0.3, -0.25) is 0 Å². The Labute approximate surface area is 124 Å². The highest BCUT2D eigenvalue weighted by atomic mass is 35.7. The van der Waals surface area contributed by atoms with Crippen LogP contribution in [0, 0.1) is 13.8 Å². The minimum absolute atomic E-state index is 0.0814. The first kappa shape index (κ1) is 17.2. The number of benzene rings is 1. The van der Waals surface area contributed by atoms with Crippen LogP contribution in [0.4, 0.5) is 0 Å². The van der Waals surface area contributed by atoms with Crippen molar-refractivity contribution in [1.82, 2.24) is 0 Å². The van der Waals surface area contributed by atoms with Gasteiger partial charge in [0.25, 0.3) is 9.05 Å². The molecule has 0 atom stereocenters. The van der Waals surface area contributed by atoms with E-state index in [1.165, 1.54) is 12.1 Å². The van der Waals surface area contributed by atoms with Crippen LogP contribution in [0.1, 0.15) is 11.1 Å². The van der Waals surface area contributed by atoms with Crippen LogP contribution in [0.5, 0.6) is 5.75 Å². The average molecular weight is 323 g/mol. The van der Waals surface area contributed by atoms with E-state index in [0.717, 1.165) is 11.1 Å². The molecule has 0 radical (unpaired) electrons. The maximum atomic E-state index is 11.3. The summed E-state index contributed by atoms with van der Waals surface area (Å²) in [4.78, 5) is 0.0814. The molecule has 0 fully saturated rings. The zero-order valence-electron chi connectivity index (χ0n) is 11.8. The van der Waals surface area contributed by atoms with Gasteiger partial charge in [-0.05, 0) is 37.1 Å². The van der Waals surface area contributed by atoms with Crippen LogP contribution in [-0.2, 0) is 18.5 Å². The van der Waals surface area contributed by atoms with Gasteiger partial charge < -0.3 is 14.2 Å². The van der Waals surface area contributed by atoms with Crippen molar-refractivity contribution in [3.05, 3.63) is 23.3 Å². The number of aryl methyl sites for hydroxylation is 2. The fraction of sp³-hybridized carbons (Fsp3) is 0.538. The summed E-state index contributed by atoms with van der Waals surface area (Å²) in [6, 6.07) is 2.99. The lowest BCUT2D eigenvalue weighted by atomic mass is 10.1. The Morgan fingerprint density at radius 3 is 2.10 bits per heavy atom. The standard InChI is InChI=1S/C13H19ClO5S/c1-10-8-12(20(14,15)16)9-11(2)13(10)19-7-6-18-5-4-17-3/h8-9H,4-7H2,1-3H3. The summed E-state index contributed by atoms with van der Waals surface area (Å²) in [5.41, 5.74) is 1.45. The highest BCUT2D eigenvalue weighted by Crippen LogP contribution is 2.28. The number of hydrogen-bond donors (Lipinski definition) is 0. The van der Waals surface area contributed by atoms with Gasteiger partial charge in [-0.2, -0.15) is 0 Å². The van der Waals surface area contributed by atoms with Crippen molar-refractivity contribution in [2.24, 2.45) is 0 Å². The Balaban J connectivity index is 2.63. The molecule has 0 unspecified atom stereocenters. The molecule has 0 saturated heterocycles. The molecule has 0 aliphatic heterocycles. The van der Waals surface area contributed by atoms with Crippen LogP contribution in [0.3, 0.4) is 0 Å². The maximum Gasteiger partial charge on any atom is 0.261 e. The quantitative estimate of drug-likeness (QED) is 0.543. The molecule has 0 aromatic heterocycles. The van der Waals surface area contributed by atoms with E-state index in [2.05, 4.69) is 0 Å². The van der Waals surface area contributed by atoms with Gasteiger partial charge in [0, 0.05) is 17.8 Å². The summed E-state index contributed by atoms with van der Waals surface area (Å²) in [6.45, 7) is 5.44. The molecular weight excluding hydrogens is 304 g/mol. The van der Waals surface area contributed by atoms with Gasteiger partial charge in [-0.25, -0.2) is 8.42 Å². The number of rotatable bonds is 8. The third kappa shape index (κ3) is 5.28. The molecule has 1 aromatic carbocycles. The summed E-state index contributed by atoms with van der Waals surface area (Å²) in [5.74, 6) is 0.657. The molecule has 0 heterocycles. The Kier molecular flexibility index (Phi) is 6.75. The lowest BCUT2D eigenvalue weighted by Crippen LogP contribution is -2.11. The first-order chi connectivity index (χ1) is 9.36. The normalized spacial score (nSPS) is 11.6. The molecule has 0 aliphatic rings. The maximum absolute atomic E-state index is 11.3. The lowest BCUT2D eigenvalue weighted by molar-refractivity contribution is 0.0542. The minimum Gasteiger partial charge on any atom is -0.491 e. The van der Waals surface area contributed by atoms with Crippen molar-refractivity contribution in [3.8, 4) is 5.75 Å². The summed E-state index contributed by atoms with van der Waals surface area (Å²) >= 11 is 0. The summed E-state index contributed by atoms with van der Waals surface area (Å²) in [6.07, 6.45) is 0. The third-order valence-electron chi connectivity index (χ3n) is 2.62. The lowest BCUT2D eigenvalue weighted by Gasteiger charge is -2.13. The molecule has 0 saturated carbocycles. The zero-order valence-corrected chi connectivity index (χ0v) is 13.4. The van der Waals surface area contributed by atoms with Crippen LogP contribution < -0.4 is 4.74 Å². The summed E-state index contributed by atoms with van der Waals surface area (Å²) in [7, 11) is 3.22. The predicted octanol–water partition coefficient (Wildman–Crippen LogP) is 2.27. The first-order valence-corrected chi connectivity index (χ1v) is 8.42. The zero-order chi connectivity index (χ0) is 15.2. The Morgan fingerprint density at radius 2 is 1.60 bits per heavy atom. The van der Waals surface area contributed by atoms with Crippen LogP contribution in [0.15, 0.2) is 17.0 Å². The molecule has 1 rings (SSSR count). The largest absolute Gasteiger partial charge is 0.491 e. The highest BCUT2D eigenvalue weighted by molar-refractivity contribution is 8.13. The number of methoxy groups -OCH3 is 1. The molecule has 7 heteroatoms. The summed E-state index contributed by atoms with van der Waals surface area (Å²) < 4.78 is 38.4. The first-order valence-electron chi connectivity index (χ1n) is 6.11.